The summed E-state index contributed by atoms with van der Waals surface area (Å²) in [6, 6.07) is 0. The molecular weight excluding hydrogens is 154 g/mol. The van der Waals surface area contributed by atoms with Crippen molar-refractivity contribution in [2.24, 2.45) is 7.05 Å². The molecule has 0 atom stereocenters. The molecule has 0 saturated carbocycles. The van der Waals surface area contributed by atoms with Crippen molar-refractivity contribution in [1.29, 1.82) is 0 Å². The maximum absolute atomic E-state index is 5.07. The molecule has 0 amide bonds. The summed E-state index contributed by atoms with van der Waals surface area (Å²) in [4.78, 5) is 1.43. The molecule has 0 aliphatic carbocycles. The lowest BCUT2D eigenvalue weighted by Gasteiger charge is -1.95. The molecule has 1 aromatic rings. The summed E-state index contributed by atoms with van der Waals surface area (Å²) in [5, 5.41) is 14.6. The molecule has 0 aromatic carbocycles. The van der Waals surface area contributed by atoms with Crippen molar-refractivity contribution in [2.75, 3.05) is 6.54 Å². The van der Waals surface area contributed by atoms with E-state index < -0.39 is 0 Å². The molecule has 5 heteroatoms. The minimum Gasteiger partial charge on any atom is -0.309 e. The van der Waals surface area contributed by atoms with Gasteiger partial charge >= 0.3 is 0 Å². The van der Waals surface area contributed by atoms with Crippen molar-refractivity contribution in [1.82, 2.24) is 25.5 Å². The topological polar surface area (TPSA) is 55.6 Å². The van der Waals surface area contributed by atoms with Crippen LogP contribution in [0.4, 0.5) is 0 Å². The van der Waals surface area contributed by atoms with Crippen LogP contribution in [-0.2, 0) is 13.6 Å². The Kier molecular flexibility index (Phi) is 3.23. The Bertz CT molecular complexity index is 272. The molecular formula is C7H11N5. The molecule has 64 valence electrons. The van der Waals surface area contributed by atoms with Gasteiger partial charge in [0.2, 0.25) is 0 Å². The highest BCUT2D eigenvalue weighted by atomic mass is 15.6. The van der Waals surface area contributed by atoms with Gasteiger partial charge < -0.3 is 5.32 Å². The second-order valence-corrected chi connectivity index (χ2v) is 2.33. The summed E-state index contributed by atoms with van der Waals surface area (Å²) in [6.45, 7) is 1.41. The first kappa shape index (κ1) is 8.68. The Hall–Kier alpha value is -1.41. The normalized spacial score (nSPS) is 9.67. The fourth-order valence-corrected chi connectivity index (χ4v) is 0.755. The number of terminal acetylenes is 1. The Balaban J connectivity index is 2.21. The van der Waals surface area contributed by atoms with Gasteiger partial charge in [0.15, 0.2) is 5.82 Å². The summed E-state index contributed by atoms with van der Waals surface area (Å²) in [7, 11) is 1.73. The number of tetrazole rings is 1. The summed E-state index contributed by atoms with van der Waals surface area (Å²) >= 11 is 0. The zero-order valence-corrected chi connectivity index (χ0v) is 6.99. The molecule has 0 aliphatic rings. The molecule has 1 rings (SSSR count). The summed E-state index contributed by atoms with van der Waals surface area (Å²) < 4.78 is 0. The highest BCUT2D eigenvalue weighted by Gasteiger charge is 1.97. The third kappa shape index (κ3) is 2.68. The van der Waals surface area contributed by atoms with Crippen LogP contribution >= 0.6 is 0 Å². The predicted octanol–water partition coefficient (Wildman–Crippen LogP) is -0.677. The first-order valence-corrected chi connectivity index (χ1v) is 3.70. The minimum absolute atomic E-state index is 0.621. The Labute approximate surface area is 71.2 Å². The number of rotatable bonds is 4. The van der Waals surface area contributed by atoms with Crippen LogP contribution in [0.15, 0.2) is 0 Å². The van der Waals surface area contributed by atoms with Crippen LogP contribution in [0.2, 0.25) is 0 Å². The van der Waals surface area contributed by atoms with Gasteiger partial charge in [0.1, 0.15) is 0 Å². The SMILES string of the molecule is C#CCCNCc1nnn(C)n1. The van der Waals surface area contributed by atoms with E-state index in [2.05, 4.69) is 26.6 Å². The molecule has 0 bridgehead atoms. The number of aromatic nitrogens is 4. The fraction of sp³-hybridized carbons (Fsp3) is 0.571. The second-order valence-electron chi connectivity index (χ2n) is 2.33. The van der Waals surface area contributed by atoms with E-state index in [1.54, 1.807) is 7.05 Å². The van der Waals surface area contributed by atoms with E-state index in [1.165, 1.54) is 4.80 Å². The first-order chi connectivity index (χ1) is 5.83. The molecule has 1 N–H and O–H groups in total. The first-order valence-electron chi connectivity index (χ1n) is 3.70. The van der Waals surface area contributed by atoms with Crippen molar-refractivity contribution in [2.45, 2.75) is 13.0 Å². The summed E-state index contributed by atoms with van der Waals surface area (Å²) in [5.74, 6) is 3.22. The zero-order chi connectivity index (χ0) is 8.81. The van der Waals surface area contributed by atoms with Crippen LogP contribution in [0.5, 0.6) is 0 Å². The number of nitrogens with one attached hydrogen (secondary N) is 1. The van der Waals surface area contributed by atoms with E-state index in [4.69, 9.17) is 6.42 Å². The van der Waals surface area contributed by atoms with Gasteiger partial charge in [-0.3, -0.25) is 0 Å². The van der Waals surface area contributed by atoms with Crippen LogP contribution in [-0.4, -0.2) is 26.8 Å². The lowest BCUT2D eigenvalue weighted by atomic mass is 10.4. The molecule has 0 fully saturated rings. The van der Waals surface area contributed by atoms with Crippen molar-refractivity contribution < 1.29 is 0 Å². The third-order valence-corrected chi connectivity index (χ3v) is 1.28. The molecule has 12 heavy (non-hydrogen) atoms. The van der Waals surface area contributed by atoms with E-state index in [-0.39, 0.29) is 0 Å². The van der Waals surface area contributed by atoms with E-state index in [0.29, 0.717) is 12.4 Å². The van der Waals surface area contributed by atoms with Gasteiger partial charge in [-0.15, -0.1) is 22.5 Å². The van der Waals surface area contributed by atoms with E-state index in [1.807, 2.05) is 0 Å². The van der Waals surface area contributed by atoms with E-state index >= 15 is 0 Å². The third-order valence-electron chi connectivity index (χ3n) is 1.28. The van der Waals surface area contributed by atoms with E-state index in [9.17, 15) is 0 Å². The van der Waals surface area contributed by atoms with E-state index in [0.717, 1.165) is 13.0 Å². The van der Waals surface area contributed by atoms with Gasteiger partial charge in [0.05, 0.1) is 13.6 Å². The fourth-order valence-electron chi connectivity index (χ4n) is 0.755. The number of nitrogens with zero attached hydrogens (tertiary/aromatic N) is 4. The molecule has 1 aromatic heterocycles. The Morgan fingerprint density at radius 1 is 1.67 bits per heavy atom. The zero-order valence-electron chi connectivity index (χ0n) is 6.99. The molecule has 0 radical (unpaired) electrons. The van der Waals surface area contributed by atoms with Crippen LogP contribution in [0.25, 0.3) is 0 Å². The molecule has 1 heterocycles. The second kappa shape index (κ2) is 4.46. The van der Waals surface area contributed by atoms with Crippen molar-refractivity contribution in [3.05, 3.63) is 5.82 Å². The van der Waals surface area contributed by atoms with Crippen LogP contribution in [0.3, 0.4) is 0 Å². The molecule has 5 nitrogen and oxygen atoms in total. The molecule has 0 unspecified atom stereocenters. The molecule has 0 saturated heterocycles. The summed E-state index contributed by atoms with van der Waals surface area (Å²) in [5.41, 5.74) is 0. The summed E-state index contributed by atoms with van der Waals surface area (Å²) in [6.07, 6.45) is 5.80. The van der Waals surface area contributed by atoms with Crippen LogP contribution in [0, 0.1) is 12.3 Å². The number of hydrogen-bond donors (Lipinski definition) is 1. The average Bonchev–Trinajstić information content (AvgIpc) is 2.45. The largest absolute Gasteiger partial charge is 0.309 e. The van der Waals surface area contributed by atoms with Crippen LogP contribution < -0.4 is 5.32 Å². The van der Waals surface area contributed by atoms with Crippen molar-refractivity contribution in [3.8, 4) is 12.3 Å². The van der Waals surface area contributed by atoms with Crippen molar-refractivity contribution in [3.63, 3.8) is 0 Å². The highest BCUT2D eigenvalue weighted by molar-refractivity contribution is 4.84. The minimum atomic E-state index is 0.621. The maximum atomic E-state index is 5.07. The predicted molar refractivity (Wildman–Crippen MR) is 44.0 cm³/mol. The Morgan fingerprint density at radius 2 is 2.50 bits per heavy atom. The molecule has 0 aliphatic heterocycles. The monoisotopic (exact) mass is 165 g/mol. The maximum Gasteiger partial charge on any atom is 0.188 e. The van der Waals surface area contributed by atoms with Gasteiger partial charge in [-0.25, -0.2) is 0 Å². The lowest BCUT2D eigenvalue weighted by molar-refractivity contribution is 0.621. The standard InChI is InChI=1S/C7H11N5/c1-3-4-5-8-6-7-9-11-12(2)10-7/h1,8H,4-6H2,2H3. The van der Waals surface area contributed by atoms with Crippen LogP contribution in [0.1, 0.15) is 12.2 Å². The lowest BCUT2D eigenvalue weighted by Crippen LogP contribution is -2.15. The highest BCUT2D eigenvalue weighted by Crippen LogP contribution is 1.83. The molecule has 0 spiro atoms. The number of hydrogen-bond acceptors (Lipinski definition) is 4. The van der Waals surface area contributed by atoms with Gasteiger partial charge in [-0.1, -0.05) is 0 Å². The quantitative estimate of drug-likeness (QED) is 0.474. The van der Waals surface area contributed by atoms with Gasteiger partial charge in [-0.05, 0) is 5.21 Å². The van der Waals surface area contributed by atoms with Gasteiger partial charge in [-0.2, -0.15) is 4.80 Å². The average molecular weight is 165 g/mol. The Morgan fingerprint density at radius 3 is 3.08 bits per heavy atom. The number of aryl methyl sites for hydroxylation is 1. The van der Waals surface area contributed by atoms with Gasteiger partial charge in [0, 0.05) is 13.0 Å². The van der Waals surface area contributed by atoms with Crippen molar-refractivity contribution >= 4 is 0 Å². The smallest absolute Gasteiger partial charge is 0.188 e. The van der Waals surface area contributed by atoms with Gasteiger partial charge in [0.25, 0.3) is 0 Å².